The van der Waals surface area contributed by atoms with Gasteiger partial charge in [0.2, 0.25) is 0 Å². The number of halogens is 8. The number of benzene rings is 7. The van der Waals surface area contributed by atoms with Crippen molar-refractivity contribution in [2.24, 2.45) is 0 Å². The number of aromatic amines is 7. The smallest absolute Gasteiger partial charge is 0.144 e. The van der Waals surface area contributed by atoms with Crippen LogP contribution in [0.5, 0.6) is 0 Å². The molecule has 0 radical (unpaired) electrons. The lowest BCUT2D eigenvalue weighted by Crippen LogP contribution is -1.96. The van der Waals surface area contributed by atoms with Crippen molar-refractivity contribution >= 4 is 146 Å². The lowest BCUT2D eigenvalue weighted by molar-refractivity contribution is 0.593. The van der Waals surface area contributed by atoms with Gasteiger partial charge in [0.15, 0.2) is 0 Å². The maximum atomic E-state index is 13.8. The van der Waals surface area contributed by atoms with Crippen LogP contribution in [0.3, 0.4) is 0 Å². The molecule has 14 aromatic rings. The summed E-state index contributed by atoms with van der Waals surface area (Å²) in [5.74, 6) is 2.06. The maximum absolute atomic E-state index is 13.8. The molecule has 14 nitrogen and oxygen atoms in total. The standard InChI is InChI=1S/2C11H13ClN2.C11H13FN2.C11H14N2.C10H10Cl2N2.C10H10ClFN2.C10H11ClN2/c1-6(2)11-7(3)9(12)4-10-8(11)5-13-14-10;2*1-6(2)10-8-5-13-14-9(8)4-7(3)11(10)12;1-7(2)11-8(3)4-5-10-9(11)6-12-13-10;1-5(2)9-6-4-13-14-8(6)3-7(11)10(9)12;1-5(2)9-6-4-13-14-8(6)3-7(12)10(9)11;1-6(2)10-7-5-12-13-9(7)4-3-8(10)11/h3*4-6H,1-3H3,(H,13,14);4-7H,1-3H3,(H,12,13);2*3-5H,1-2H3,(H,13,14);3-6H,1-2H3,(H,12,13). The van der Waals surface area contributed by atoms with Crippen LogP contribution in [0.25, 0.3) is 76.3 Å². The third kappa shape index (κ3) is 16.3. The summed E-state index contributed by atoms with van der Waals surface area (Å²) in [6.45, 7) is 37.5. The van der Waals surface area contributed by atoms with Crippen molar-refractivity contribution < 1.29 is 8.78 Å². The SMILES string of the molecule is CC(C)c1c(Cl)c(Cl)cc2[nH]ncc12.CC(C)c1c(Cl)c(F)cc2[nH]ncc12.CC(C)c1c(Cl)ccc2[nH]ncc12.Cc1c(Cl)cc2[nH]ncc2c1C(C)C.Cc1cc2[nH]ncc2c(C(C)C)c1Cl.Cc1cc2[nH]ncc2c(C(C)C)c1F.Cc1ccc2[nH]ncc2c1C(C)C. The van der Waals surface area contributed by atoms with Gasteiger partial charge < -0.3 is 0 Å². The third-order valence-electron chi connectivity index (χ3n) is 16.7. The topological polar surface area (TPSA) is 201 Å². The van der Waals surface area contributed by atoms with Crippen molar-refractivity contribution in [2.45, 2.75) is 166 Å². The highest BCUT2D eigenvalue weighted by Crippen LogP contribution is 2.39. The van der Waals surface area contributed by atoms with E-state index in [4.69, 9.17) is 69.6 Å². The van der Waals surface area contributed by atoms with E-state index in [0.29, 0.717) is 50.7 Å². The van der Waals surface area contributed by atoms with Gasteiger partial charge in [-0.1, -0.05) is 173 Å². The molecular weight excluding hydrogens is 1340 g/mol. The third-order valence-corrected chi connectivity index (χ3v) is 19.1. The number of nitrogens with one attached hydrogen (secondary N) is 7. The zero-order valence-electron chi connectivity index (χ0n) is 57.4. The van der Waals surface area contributed by atoms with E-state index in [9.17, 15) is 8.78 Å². The van der Waals surface area contributed by atoms with Crippen LogP contribution in [0.2, 0.25) is 30.1 Å². The van der Waals surface area contributed by atoms with Gasteiger partial charge in [0.1, 0.15) is 11.6 Å². The Morgan fingerprint density at radius 3 is 1.02 bits per heavy atom. The number of rotatable bonds is 7. The van der Waals surface area contributed by atoms with Crippen molar-refractivity contribution in [3.8, 4) is 0 Å². The van der Waals surface area contributed by atoms with Crippen molar-refractivity contribution in [3.63, 3.8) is 0 Å². The Labute approximate surface area is 589 Å². The van der Waals surface area contributed by atoms with Crippen molar-refractivity contribution in [2.75, 3.05) is 0 Å². The summed E-state index contributed by atoms with van der Waals surface area (Å²) in [6.07, 6.45) is 12.6. The number of aryl methyl sites for hydroxylation is 3. The van der Waals surface area contributed by atoms with Crippen molar-refractivity contribution in [1.82, 2.24) is 71.4 Å². The number of aromatic nitrogens is 14. The van der Waals surface area contributed by atoms with Gasteiger partial charge in [0.05, 0.1) is 97.1 Å². The lowest BCUT2D eigenvalue weighted by Gasteiger charge is -2.12. The van der Waals surface area contributed by atoms with E-state index in [0.717, 1.165) is 103 Å². The molecule has 22 heteroatoms. The molecule has 0 aliphatic carbocycles. The number of H-pyrrole nitrogens is 7. The van der Waals surface area contributed by atoms with Crippen LogP contribution < -0.4 is 0 Å². The normalized spacial score (nSPS) is 11.5. The predicted molar refractivity (Wildman–Crippen MR) is 400 cm³/mol. The average molecular weight is 1420 g/mol. The number of nitrogens with zero attached hydrogens (tertiary/aromatic N) is 7. The molecular formula is C74H84Cl6F2N14. The molecule has 506 valence electrons. The molecule has 0 amide bonds. The lowest BCUT2D eigenvalue weighted by atomic mass is 9.94. The summed E-state index contributed by atoms with van der Waals surface area (Å²) in [7, 11) is 0. The minimum absolute atomic E-state index is 0.103. The van der Waals surface area contributed by atoms with Gasteiger partial charge in [-0.2, -0.15) is 35.7 Å². The van der Waals surface area contributed by atoms with E-state index < -0.39 is 5.82 Å². The Bertz CT molecular complexity index is 4360. The molecule has 0 fully saturated rings. The second kappa shape index (κ2) is 32.2. The Morgan fingerprint density at radius 2 is 0.594 bits per heavy atom. The van der Waals surface area contributed by atoms with Gasteiger partial charge in [0, 0.05) is 64.4 Å². The molecule has 7 N–H and O–H groups in total. The summed E-state index contributed by atoms with van der Waals surface area (Å²) in [5.41, 5.74) is 18.8. The fraction of sp³-hybridized carbons (Fsp3) is 0.338. The quantitative estimate of drug-likeness (QED) is 0.0823. The summed E-state index contributed by atoms with van der Waals surface area (Å²) in [5, 5.41) is 59.7. The highest BCUT2D eigenvalue weighted by Gasteiger charge is 2.20. The molecule has 96 heavy (non-hydrogen) atoms. The summed E-state index contributed by atoms with van der Waals surface area (Å²) < 4.78 is 27.2. The van der Waals surface area contributed by atoms with Crippen LogP contribution in [-0.2, 0) is 0 Å². The van der Waals surface area contributed by atoms with E-state index in [-0.39, 0.29) is 22.7 Å². The molecule has 0 atom stereocenters. The van der Waals surface area contributed by atoms with Gasteiger partial charge in [-0.05, 0) is 167 Å². The van der Waals surface area contributed by atoms with E-state index in [1.54, 1.807) is 37.6 Å². The summed E-state index contributed by atoms with van der Waals surface area (Å²) in [6, 6.07) is 17.0. The molecule has 7 heterocycles. The van der Waals surface area contributed by atoms with Crippen LogP contribution in [-0.4, -0.2) is 71.4 Å². The minimum atomic E-state index is -0.396. The fourth-order valence-electron chi connectivity index (χ4n) is 12.3. The van der Waals surface area contributed by atoms with Crippen LogP contribution in [0.15, 0.2) is 98.0 Å². The molecule has 0 bridgehead atoms. The number of hydrogen-bond donors (Lipinski definition) is 7. The van der Waals surface area contributed by atoms with Crippen LogP contribution in [0.1, 0.15) is 200 Å². The molecule has 0 spiro atoms. The Morgan fingerprint density at radius 1 is 0.281 bits per heavy atom. The first kappa shape index (κ1) is 74.2. The zero-order valence-corrected chi connectivity index (χ0v) is 62.0. The van der Waals surface area contributed by atoms with E-state index in [1.807, 2.05) is 83.7 Å². The molecule has 7 aromatic heterocycles. The molecule has 14 rings (SSSR count). The second-order valence-electron chi connectivity index (χ2n) is 26.1. The van der Waals surface area contributed by atoms with Gasteiger partial charge in [0.25, 0.3) is 0 Å². The highest BCUT2D eigenvalue weighted by molar-refractivity contribution is 6.43. The van der Waals surface area contributed by atoms with E-state index in [1.165, 1.54) is 44.7 Å². The second-order valence-corrected chi connectivity index (χ2v) is 28.4. The van der Waals surface area contributed by atoms with E-state index >= 15 is 0 Å². The zero-order chi connectivity index (χ0) is 70.3. The molecule has 0 saturated heterocycles. The summed E-state index contributed by atoms with van der Waals surface area (Å²) >= 11 is 36.6. The number of hydrogen-bond acceptors (Lipinski definition) is 7. The molecule has 0 aliphatic heterocycles. The van der Waals surface area contributed by atoms with Gasteiger partial charge in [-0.3, -0.25) is 35.7 Å². The molecule has 7 aromatic carbocycles. The first-order valence-corrected chi connectivity index (χ1v) is 34.2. The molecule has 0 saturated carbocycles. The molecule has 0 unspecified atom stereocenters. The fourth-order valence-corrected chi connectivity index (χ4v) is 14.2. The largest absolute Gasteiger partial charge is 0.278 e. The van der Waals surface area contributed by atoms with Crippen LogP contribution >= 0.6 is 69.6 Å². The monoisotopic (exact) mass is 1420 g/mol. The highest BCUT2D eigenvalue weighted by atomic mass is 35.5. The first-order valence-electron chi connectivity index (χ1n) is 32.0. The van der Waals surface area contributed by atoms with Gasteiger partial charge in [-0.25, -0.2) is 8.78 Å². The van der Waals surface area contributed by atoms with Gasteiger partial charge in [-0.15, -0.1) is 0 Å². The summed E-state index contributed by atoms with van der Waals surface area (Å²) in [4.78, 5) is 0. The Hall–Kier alpha value is -7.57. The van der Waals surface area contributed by atoms with Crippen molar-refractivity contribution in [1.29, 1.82) is 0 Å². The Kier molecular flexibility index (Phi) is 24.9. The number of fused-ring (bicyclic) bond motifs is 7. The molecule has 0 aliphatic rings. The maximum Gasteiger partial charge on any atom is 0.144 e. The van der Waals surface area contributed by atoms with Gasteiger partial charge >= 0.3 is 0 Å². The van der Waals surface area contributed by atoms with Crippen molar-refractivity contribution in [3.05, 3.63) is 201 Å². The predicted octanol–water partition coefficient (Wildman–Crippen LogP) is 24.2. The Balaban J connectivity index is 0.000000143. The minimum Gasteiger partial charge on any atom is -0.278 e. The van der Waals surface area contributed by atoms with Crippen LogP contribution in [0, 0.1) is 39.3 Å². The van der Waals surface area contributed by atoms with Crippen LogP contribution in [0.4, 0.5) is 8.78 Å². The average Bonchev–Trinajstić information content (AvgIpc) is 1.40. The van der Waals surface area contributed by atoms with E-state index in [2.05, 4.69) is 167 Å². The first-order chi connectivity index (χ1) is 45.4.